The van der Waals surface area contributed by atoms with E-state index in [4.69, 9.17) is 14.2 Å². The van der Waals surface area contributed by atoms with E-state index in [0.717, 1.165) is 11.1 Å². The summed E-state index contributed by atoms with van der Waals surface area (Å²) in [5.41, 5.74) is 1.96. The quantitative estimate of drug-likeness (QED) is 0.654. The molecule has 1 atom stereocenters. The second kappa shape index (κ2) is 9.09. The molecule has 0 amide bonds. The first-order valence-electron chi connectivity index (χ1n) is 7.59. The van der Waals surface area contributed by atoms with E-state index in [1.807, 2.05) is 24.3 Å². The summed E-state index contributed by atoms with van der Waals surface area (Å²) in [5.74, 6) is -1.12. The first-order chi connectivity index (χ1) is 10.4. The van der Waals surface area contributed by atoms with Gasteiger partial charge in [-0.05, 0) is 37.8 Å². The third-order valence-electron chi connectivity index (χ3n) is 3.34. The Balaban J connectivity index is 2.64. The molecule has 0 saturated heterocycles. The van der Waals surface area contributed by atoms with Gasteiger partial charge >= 0.3 is 13.6 Å². The largest absolute Gasteiger partial charge is 0.481 e. The number of hydrogen-bond donors (Lipinski definition) is 1. The summed E-state index contributed by atoms with van der Waals surface area (Å²) < 4.78 is 23.0. The smallest absolute Gasteiger partial charge is 0.335 e. The number of aliphatic carboxylic acids is 1. The lowest BCUT2D eigenvalue weighted by atomic mass is 10.0. The van der Waals surface area contributed by atoms with E-state index in [1.165, 1.54) is 0 Å². The van der Waals surface area contributed by atoms with Gasteiger partial charge in [-0.25, -0.2) is 0 Å². The summed E-state index contributed by atoms with van der Waals surface area (Å²) in [6.45, 7) is 5.98. The summed E-state index contributed by atoms with van der Waals surface area (Å²) in [7, 11) is -3.08. The lowest BCUT2D eigenvalue weighted by Gasteiger charge is -2.17. The fourth-order valence-corrected chi connectivity index (χ4v) is 3.77. The maximum atomic E-state index is 12.4. The zero-order valence-corrected chi connectivity index (χ0v) is 14.3. The predicted octanol–water partition coefficient (Wildman–Crippen LogP) is 4.11. The number of rotatable bonds is 10. The maximum Gasteiger partial charge on any atom is 0.335 e. The molecule has 124 valence electrons. The molecule has 0 fully saturated rings. The molecule has 1 aromatic carbocycles. The Labute approximate surface area is 132 Å². The second-order valence-electron chi connectivity index (χ2n) is 5.20. The van der Waals surface area contributed by atoms with E-state index in [2.05, 4.69) is 0 Å². The normalized spacial score (nSPS) is 13.0. The van der Waals surface area contributed by atoms with Crippen molar-refractivity contribution in [3.8, 4) is 0 Å². The van der Waals surface area contributed by atoms with Gasteiger partial charge in [0.15, 0.2) is 0 Å². The highest BCUT2D eigenvalue weighted by molar-refractivity contribution is 7.53. The summed E-state index contributed by atoms with van der Waals surface area (Å²) in [6.07, 6.45) is 1.56. The van der Waals surface area contributed by atoms with Crippen LogP contribution in [0.5, 0.6) is 0 Å². The SMILES string of the molecule is CCOP(=O)(Cc1ccc(CCC(C)C(=O)O)cc1)OCC. The van der Waals surface area contributed by atoms with Gasteiger partial charge < -0.3 is 14.2 Å². The van der Waals surface area contributed by atoms with Gasteiger partial charge in [0.25, 0.3) is 0 Å². The van der Waals surface area contributed by atoms with Crippen LogP contribution in [0, 0.1) is 5.92 Å². The fraction of sp³-hybridized carbons (Fsp3) is 0.562. The van der Waals surface area contributed by atoms with Gasteiger partial charge in [0.05, 0.1) is 25.3 Å². The average molecular weight is 328 g/mol. The highest BCUT2D eigenvalue weighted by Gasteiger charge is 2.23. The molecule has 1 aromatic rings. The number of aryl methyl sites for hydroxylation is 1. The van der Waals surface area contributed by atoms with Crippen LogP contribution in [0.1, 0.15) is 38.3 Å². The lowest BCUT2D eigenvalue weighted by molar-refractivity contribution is -0.141. The number of benzene rings is 1. The van der Waals surface area contributed by atoms with Gasteiger partial charge in [-0.15, -0.1) is 0 Å². The second-order valence-corrected chi connectivity index (χ2v) is 7.25. The first-order valence-corrected chi connectivity index (χ1v) is 9.31. The van der Waals surface area contributed by atoms with E-state index in [9.17, 15) is 9.36 Å². The minimum Gasteiger partial charge on any atom is -0.481 e. The van der Waals surface area contributed by atoms with Crippen LogP contribution < -0.4 is 0 Å². The van der Waals surface area contributed by atoms with Crippen molar-refractivity contribution >= 4 is 13.6 Å². The van der Waals surface area contributed by atoms with Crippen LogP contribution in [0.4, 0.5) is 0 Å². The first kappa shape index (κ1) is 18.9. The van der Waals surface area contributed by atoms with E-state index < -0.39 is 13.6 Å². The molecule has 1 unspecified atom stereocenters. The van der Waals surface area contributed by atoms with Crippen LogP contribution in [0.25, 0.3) is 0 Å². The topological polar surface area (TPSA) is 72.8 Å². The van der Waals surface area contributed by atoms with Crippen LogP contribution in [0.3, 0.4) is 0 Å². The summed E-state index contributed by atoms with van der Waals surface area (Å²) in [6, 6.07) is 7.66. The number of carboxylic acids is 1. The Kier molecular flexibility index (Phi) is 7.80. The van der Waals surface area contributed by atoms with Crippen molar-refractivity contribution in [2.75, 3.05) is 13.2 Å². The molecule has 0 saturated carbocycles. The van der Waals surface area contributed by atoms with Crippen LogP contribution in [0.15, 0.2) is 24.3 Å². The van der Waals surface area contributed by atoms with E-state index in [1.54, 1.807) is 20.8 Å². The van der Waals surface area contributed by atoms with Crippen LogP contribution >= 0.6 is 7.60 Å². The average Bonchev–Trinajstić information content (AvgIpc) is 2.46. The Morgan fingerprint density at radius 1 is 1.14 bits per heavy atom. The van der Waals surface area contributed by atoms with Crippen LogP contribution in [-0.2, 0) is 31.0 Å². The minimum atomic E-state index is -3.08. The van der Waals surface area contributed by atoms with E-state index in [0.29, 0.717) is 26.1 Å². The molecule has 1 rings (SSSR count). The van der Waals surface area contributed by atoms with Crippen molar-refractivity contribution in [3.63, 3.8) is 0 Å². The van der Waals surface area contributed by atoms with Gasteiger partial charge in [0, 0.05) is 0 Å². The van der Waals surface area contributed by atoms with Gasteiger partial charge in [-0.3, -0.25) is 9.36 Å². The van der Waals surface area contributed by atoms with Crippen molar-refractivity contribution in [3.05, 3.63) is 35.4 Å². The predicted molar refractivity (Wildman–Crippen MR) is 86.1 cm³/mol. The number of carboxylic acid groups (broad SMARTS) is 1. The fourth-order valence-electron chi connectivity index (χ4n) is 2.06. The molecule has 0 radical (unpaired) electrons. The zero-order chi connectivity index (χ0) is 16.6. The molecule has 5 nitrogen and oxygen atoms in total. The third kappa shape index (κ3) is 6.30. The van der Waals surface area contributed by atoms with Crippen LogP contribution in [0.2, 0.25) is 0 Å². The Morgan fingerprint density at radius 2 is 1.64 bits per heavy atom. The summed E-state index contributed by atoms with van der Waals surface area (Å²) in [5, 5.41) is 8.87. The highest BCUT2D eigenvalue weighted by Crippen LogP contribution is 2.51. The third-order valence-corrected chi connectivity index (χ3v) is 5.39. The Hall–Kier alpha value is -1.16. The standard InChI is InChI=1S/C16H25O5P/c1-4-20-22(19,21-5-2)12-15-10-8-14(9-11-15)7-6-13(3)16(17)18/h8-11,13H,4-7,12H2,1-3H3,(H,17,18). The molecule has 22 heavy (non-hydrogen) atoms. The van der Waals surface area contributed by atoms with Crippen LogP contribution in [-0.4, -0.2) is 24.3 Å². The molecular formula is C16H25O5P. The van der Waals surface area contributed by atoms with Crippen molar-refractivity contribution < 1.29 is 23.5 Å². The van der Waals surface area contributed by atoms with E-state index >= 15 is 0 Å². The Bertz CT molecular complexity index is 502. The molecule has 1 N–H and O–H groups in total. The molecule has 0 spiro atoms. The minimum absolute atomic E-state index is 0.250. The summed E-state index contributed by atoms with van der Waals surface area (Å²) in [4.78, 5) is 10.8. The Morgan fingerprint density at radius 3 is 2.09 bits per heavy atom. The van der Waals surface area contributed by atoms with Gasteiger partial charge in [0.1, 0.15) is 0 Å². The van der Waals surface area contributed by atoms with Crippen molar-refractivity contribution in [2.24, 2.45) is 5.92 Å². The molecule has 0 heterocycles. The highest BCUT2D eigenvalue weighted by atomic mass is 31.2. The molecular weight excluding hydrogens is 303 g/mol. The van der Waals surface area contributed by atoms with E-state index in [-0.39, 0.29) is 12.1 Å². The van der Waals surface area contributed by atoms with Crippen molar-refractivity contribution in [1.29, 1.82) is 0 Å². The van der Waals surface area contributed by atoms with Crippen molar-refractivity contribution in [2.45, 2.75) is 39.8 Å². The monoisotopic (exact) mass is 328 g/mol. The number of carbonyl (C=O) groups is 1. The molecule has 0 aliphatic carbocycles. The van der Waals surface area contributed by atoms with Crippen molar-refractivity contribution in [1.82, 2.24) is 0 Å². The van der Waals surface area contributed by atoms with Gasteiger partial charge in [-0.1, -0.05) is 31.2 Å². The molecule has 0 aliphatic rings. The maximum absolute atomic E-state index is 12.4. The molecule has 6 heteroatoms. The zero-order valence-electron chi connectivity index (χ0n) is 13.4. The van der Waals surface area contributed by atoms with Gasteiger partial charge in [-0.2, -0.15) is 0 Å². The molecule has 0 bridgehead atoms. The van der Waals surface area contributed by atoms with Gasteiger partial charge in [0.2, 0.25) is 0 Å². The summed E-state index contributed by atoms with van der Waals surface area (Å²) >= 11 is 0. The molecule has 0 aromatic heterocycles. The lowest BCUT2D eigenvalue weighted by Crippen LogP contribution is -2.10. The molecule has 0 aliphatic heterocycles. The number of hydrogen-bond acceptors (Lipinski definition) is 4.